The third kappa shape index (κ3) is 44.1. The number of amides is 1. The van der Waals surface area contributed by atoms with Crippen molar-refractivity contribution in [3.63, 3.8) is 0 Å². The molecule has 1 amide bonds. The minimum Gasteiger partial charge on any atom is -0.387 e. The Balaban J connectivity index is 3.90. The lowest BCUT2D eigenvalue weighted by Gasteiger charge is -2.25. The summed E-state index contributed by atoms with van der Waals surface area (Å²) in [7, 11) is 1.57. The van der Waals surface area contributed by atoms with E-state index in [1.807, 2.05) is 27.2 Å². The van der Waals surface area contributed by atoms with Crippen molar-refractivity contribution in [2.45, 2.75) is 212 Å². The average molecular weight is 850 g/mol. The summed E-state index contributed by atoms with van der Waals surface area (Å²) in [5.74, 6) is -0.183. The second kappa shape index (κ2) is 41.5. The van der Waals surface area contributed by atoms with Gasteiger partial charge in [0, 0.05) is 6.42 Å². The van der Waals surface area contributed by atoms with Crippen molar-refractivity contribution in [3.8, 4) is 0 Å². The van der Waals surface area contributed by atoms with Crippen LogP contribution in [0, 0.1) is 0 Å². The Morgan fingerprint density at radius 3 is 1.49 bits per heavy atom. The summed E-state index contributed by atoms with van der Waals surface area (Å²) in [4.78, 5) is 23.0. The van der Waals surface area contributed by atoms with Crippen molar-refractivity contribution in [1.29, 1.82) is 0 Å². The fourth-order valence-corrected chi connectivity index (χ4v) is 7.41. The van der Waals surface area contributed by atoms with E-state index in [0.29, 0.717) is 17.4 Å². The van der Waals surface area contributed by atoms with Crippen LogP contribution >= 0.6 is 7.82 Å². The predicted octanol–water partition coefficient (Wildman–Crippen LogP) is 13.8. The minimum atomic E-state index is -4.33. The Morgan fingerprint density at radius 2 is 1.02 bits per heavy atom. The summed E-state index contributed by atoms with van der Waals surface area (Å²) in [6.45, 7) is 4.61. The largest absolute Gasteiger partial charge is 0.472 e. The molecule has 0 saturated heterocycles. The number of unbranched alkanes of at least 4 members (excludes halogenated alkanes) is 22. The Kier molecular flexibility index (Phi) is 40.3. The summed E-state index contributed by atoms with van der Waals surface area (Å²) in [6.07, 6.45) is 54.9. The van der Waals surface area contributed by atoms with Crippen molar-refractivity contribution < 1.29 is 32.9 Å². The molecule has 0 aromatic heterocycles. The highest BCUT2D eigenvalue weighted by atomic mass is 31.2. The van der Waals surface area contributed by atoms with Crippen molar-refractivity contribution in [1.82, 2.24) is 5.32 Å². The number of rotatable bonds is 43. The van der Waals surface area contributed by atoms with E-state index >= 15 is 0 Å². The number of nitrogens with one attached hydrogen (secondary N) is 1. The molecule has 0 rings (SSSR count). The molecule has 0 aromatic carbocycles. The number of likely N-dealkylation sites (N-methyl/N-ethyl adjacent to an activating group) is 1. The van der Waals surface area contributed by atoms with Gasteiger partial charge >= 0.3 is 7.82 Å². The van der Waals surface area contributed by atoms with E-state index in [1.165, 1.54) is 109 Å². The highest BCUT2D eigenvalue weighted by Gasteiger charge is 2.27. The molecule has 0 aliphatic rings. The molecule has 3 N–H and O–H groups in total. The van der Waals surface area contributed by atoms with Gasteiger partial charge in [0.2, 0.25) is 5.91 Å². The van der Waals surface area contributed by atoms with Gasteiger partial charge in [0.05, 0.1) is 39.9 Å². The minimum absolute atomic E-state index is 0.0601. The first kappa shape index (κ1) is 57.2. The van der Waals surface area contributed by atoms with Crippen LogP contribution in [0.3, 0.4) is 0 Å². The van der Waals surface area contributed by atoms with Crippen LogP contribution in [0.1, 0.15) is 200 Å². The smallest absolute Gasteiger partial charge is 0.387 e. The number of carbonyl (C=O) groups excluding carboxylic acids is 1. The molecule has 0 aromatic rings. The van der Waals surface area contributed by atoms with Gasteiger partial charge in [-0.15, -0.1) is 0 Å². The second-order valence-corrected chi connectivity index (χ2v) is 18.9. The molecule has 3 atom stereocenters. The fourth-order valence-electron chi connectivity index (χ4n) is 6.68. The molecule has 0 spiro atoms. The first-order valence-corrected chi connectivity index (χ1v) is 25.7. The maximum absolute atomic E-state index is 12.8. The topological polar surface area (TPSA) is 105 Å². The first-order chi connectivity index (χ1) is 28.5. The summed E-state index contributed by atoms with van der Waals surface area (Å²) < 4.78 is 23.4. The van der Waals surface area contributed by atoms with Crippen molar-refractivity contribution in [2.75, 3.05) is 40.9 Å². The number of allylic oxidation sites excluding steroid dienone is 9. The Morgan fingerprint density at radius 1 is 0.593 bits per heavy atom. The Hall–Kier alpha value is -1.80. The molecule has 0 heterocycles. The number of nitrogens with zero attached hydrogens (tertiary/aromatic N) is 1. The number of aliphatic hydroxyl groups excluding tert-OH is 1. The molecule has 0 aliphatic heterocycles. The van der Waals surface area contributed by atoms with Crippen LogP contribution in [-0.2, 0) is 18.4 Å². The van der Waals surface area contributed by atoms with Crippen LogP contribution in [0.5, 0.6) is 0 Å². The highest BCUT2D eigenvalue weighted by molar-refractivity contribution is 7.47. The van der Waals surface area contributed by atoms with Gasteiger partial charge in [-0.25, -0.2) is 4.57 Å². The lowest BCUT2D eigenvalue weighted by Crippen LogP contribution is -2.45. The van der Waals surface area contributed by atoms with Crippen molar-refractivity contribution in [3.05, 3.63) is 60.8 Å². The number of phosphoric acid groups is 1. The molecule has 0 aliphatic carbocycles. The third-order valence-electron chi connectivity index (χ3n) is 10.5. The molecule has 0 fully saturated rings. The van der Waals surface area contributed by atoms with Crippen LogP contribution in [0.2, 0.25) is 0 Å². The number of carbonyl (C=O) groups is 1. The van der Waals surface area contributed by atoms with Crippen LogP contribution in [0.15, 0.2) is 60.8 Å². The second-order valence-electron chi connectivity index (χ2n) is 17.5. The lowest BCUT2D eigenvalue weighted by atomic mass is 10.0. The molecule has 3 unspecified atom stereocenters. The number of quaternary nitrogens is 1. The third-order valence-corrected chi connectivity index (χ3v) is 11.5. The Labute approximate surface area is 364 Å². The lowest BCUT2D eigenvalue weighted by molar-refractivity contribution is -0.870. The van der Waals surface area contributed by atoms with E-state index in [-0.39, 0.29) is 19.1 Å². The van der Waals surface area contributed by atoms with Gasteiger partial charge in [-0.1, -0.05) is 197 Å². The number of hydrogen-bond acceptors (Lipinski definition) is 5. The number of aliphatic hydroxyl groups is 1. The normalized spacial score (nSPS) is 14.8. The van der Waals surface area contributed by atoms with Crippen LogP contribution in [0.4, 0.5) is 0 Å². The van der Waals surface area contributed by atoms with E-state index in [0.717, 1.165) is 70.6 Å². The molecule has 9 heteroatoms. The molecule has 59 heavy (non-hydrogen) atoms. The van der Waals surface area contributed by atoms with Crippen LogP contribution < -0.4 is 5.32 Å². The van der Waals surface area contributed by atoms with Crippen LogP contribution in [0.25, 0.3) is 0 Å². The SMILES string of the molecule is CC/C=C\C/C=C\C/C=C\C/C=C\CCCCCCCCCCCCCCCCCCCCC(=O)NC(COP(=O)(O)OCC[N+](C)(C)C)C(O)/C=C/CCCCCC. The van der Waals surface area contributed by atoms with E-state index in [2.05, 4.69) is 67.8 Å². The van der Waals surface area contributed by atoms with Crippen molar-refractivity contribution >= 4 is 13.7 Å². The first-order valence-electron chi connectivity index (χ1n) is 24.2. The zero-order valence-electron chi connectivity index (χ0n) is 39.0. The molecule has 344 valence electrons. The van der Waals surface area contributed by atoms with Gasteiger partial charge in [0.25, 0.3) is 0 Å². The van der Waals surface area contributed by atoms with Crippen molar-refractivity contribution in [2.24, 2.45) is 0 Å². The zero-order chi connectivity index (χ0) is 43.6. The molecular formula is C50H94N2O6P+. The molecule has 0 saturated carbocycles. The van der Waals surface area contributed by atoms with Gasteiger partial charge < -0.3 is 19.8 Å². The molecular weight excluding hydrogens is 756 g/mol. The summed E-state index contributed by atoms with van der Waals surface area (Å²) in [5, 5.41) is 13.7. The van der Waals surface area contributed by atoms with Gasteiger partial charge in [-0.3, -0.25) is 13.8 Å². The fraction of sp³-hybridized carbons (Fsp3) is 0.780. The molecule has 0 radical (unpaired) electrons. The Bertz CT molecular complexity index is 1140. The highest BCUT2D eigenvalue weighted by Crippen LogP contribution is 2.43. The summed E-state index contributed by atoms with van der Waals surface area (Å²) in [5.41, 5.74) is 0. The quantitative estimate of drug-likeness (QED) is 0.0244. The monoisotopic (exact) mass is 850 g/mol. The van der Waals surface area contributed by atoms with E-state index in [1.54, 1.807) is 6.08 Å². The molecule has 0 bridgehead atoms. The number of phosphoric ester groups is 1. The van der Waals surface area contributed by atoms with Crippen LogP contribution in [-0.4, -0.2) is 73.4 Å². The summed E-state index contributed by atoms with van der Waals surface area (Å²) >= 11 is 0. The maximum atomic E-state index is 12.8. The zero-order valence-corrected chi connectivity index (χ0v) is 39.9. The van der Waals surface area contributed by atoms with Gasteiger partial charge in [-0.2, -0.15) is 0 Å². The number of hydrogen-bond donors (Lipinski definition) is 3. The standard InChI is InChI=1S/C50H93N2O6P/c1-6-8-10-12-14-15-16-17-18-19-20-21-22-23-24-25-26-27-28-29-30-31-32-33-34-35-36-37-38-40-42-44-50(54)51-48(49(53)43-41-39-13-11-9-7-2)47-58-59(55,56)57-46-45-52(3,4)5/h8,10,14-15,17-18,20-21,41,43,48-49,53H,6-7,9,11-13,16,19,22-40,42,44-47H2,1-5H3,(H-,51,54,55,56)/p+1/b10-8-,15-14-,18-17-,21-20-,43-41+. The predicted molar refractivity (Wildman–Crippen MR) is 254 cm³/mol. The van der Waals surface area contributed by atoms with E-state index < -0.39 is 20.0 Å². The maximum Gasteiger partial charge on any atom is 0.472 e. The summed E-state index contributed by atoms with van der Waals surface area (Å²) in [6, 6.07) is -0.843. The van der Waals surface area contributed by atoms with Gasteiger partial charge in [0.15, 0.2) is 0 Å². The van der Waals surface area contributed by atoms with Gasteiger partial charge in [0.1, 0.15) is 13.2 Å². The molecule has 8 nitrogen and oxygen atoms in total. The van der Waals surface area contributed by atoms with E-state index in [9.17, 15) is 19.4 Å². The van der Waals surface area contributed by atoms with Gasteiger partial charge in [-0.05, 0) is 57.8 Å². The van der Waals surface area contributed by atoms with E-state index in [4.69, 9.17) is 9.05 Å². The average Bonchev–Trinajstić information content (AvgIpc) is 3.19.